The lowest BCUT2D eigenvalue weighted by Gasteiger charge is -2.33. The molecule has 0 aliphatic heterocycles. The SMILES string of the molecule is CC(=O)O[C@H](C(=O)O[C@H](C(=O)N(C)[C@@H](Cc1ccccc1)C(=O)OC(C)(C)C)C(C)C)C(C)C. The zero-order valence-electron chi connectivity index (χ0n) is 21.8. The van der Waals surface area contributed by atoms with Crippen molar-refractivity contribution in [2.75, 3.05) is 7.05 Å². The van der Waals surface area contributed by atoms with Crippen LogP contribution in [0.2, 0.25) is 0 Å². The summed E-state index contributed by atoms with van der Waals surface area (Å²) in [5.41, 5.74) is 0.111. The monoisotopic (exact) mass is 477 g/mol. The molecule has 0 unspecified atom stereocenters. The molecule has 34 heavy (non-hydrogen) atoms. The van der Waals surface area contributed by atoms with Crippen LogP contribution in [-0.2, 0) is 39.8 Å². The van der Waals surface area contributed by atoms with E-state index in [0.29, 0.717) is 0 Å². The predicted molar refractivity (Wildman–Crippen MR) is 128 cm³/mol. The van der Waals surface area contributed by atoms with Crippen LogP contribution in [0.15, 0.2) is 30.3 Å². The molecule has 1 amide bonds. The first-order valence-corrected chi connectivity index (χ1v) is 11.5. The Balaban J connectivity index is 3.20. The van der Waals surface area contributed by atoms with Crippen LogP contribution >= 0.6 is 0 Å². The van der Waals surface area contributed by atoms with Crippen molar-refractivity contribution in [1.29, 1.82) is 0 Å². The molecule has 3 atom stereocenters. The molecule has 0 aromatic heterocycles. The van der Waals surface area contributed by atoms with E-state index in [9.17, 15) is 19.2 Å². The van der Waals surface area contributed by atoms with Gasteiger partial charge in [0.05, 0.1) is 0 Å². The largest absolute Gasteiger partial charge is 0.458 e. The maximum Gasteiger partial charge on any atom is 0.348 e. The summed E-state index contributed by atoms with van der Waals surface area (Å²) in [5.74, 6) is -3.25. The number of carbonyl (C=O) groups excluding carboxylic acids is 4. The van der Waals surface area contributed by atoms with Crippen molar-refractivity contribution in [3.05, 3.63) is 35.9 Å². The first-order valence-electron chi connectivity index (χ1n) is 11.5. The molecule has 0 saturated heterocycles. The van der Waals surface area contributed by atoms with Gasteiger partial charge in [0.15, 0.2) is 6.10 Å². The minimum Gasteiger partial charge on any atom is -0.458 e. The number of benzene rings is 1. The fourth-order valence-corrected chi connectivity index (χ4v) is 3.24. The van der Waals surface area contributed by atoms with E-state index in [0.717, 1.165) is 5.56 Å². The highest BCUT2D eigenvalue weighted by atomic mass is 16.6. The van der Waals surface area contributed by atoms with Gasteiger partial charge in [-0.1, -0.05) is 58.0 Å². The van der Waals surface area contributed by atoms with E-state index in [1.165, 1.54) is 18.9 Å². The van der Waals surface area contributed by atoms with E-state index in [2.05, 4.69) is 0 Å². The summed E-state index contributed by atoms with van der Waals surface area (Å²) >= 11 is 0. The highest BCUT2D eigenvalue weighted by Gasteiger charge is 2.39. The third-order valence-corrected chi connectivity index (χ3v) is 4.99. The van der Waals surface area contributed by atoms with Gasteiger partial charge in [-0.05, 0) is 32.3 Å². The van der Waals surface area contributed by atoms with Crippen LogP contribution in [0.5, 0.6) is 0 Å². The molecule has 0 N–H and O–H groups in total. The first kappa shape index (κ1) is 29.1. The van der Waals surface area contributed by atoms with Crippen LogP contribution in [0.1, 0.15) is 61.0 Å². The molecule has 8 nitrogen and oxygen atoms in total. The fraction of sp³-hybridized carbons (Fsp3) is 0.615. The van der Waals surface area contributed by atoms with E-state index in [-0.39, 0.29) is 18.3 Å². The molecular weight excluding hydrogens is 438 g/mol. The van der Waals surface area contributed by atoms with Gasteiger partial charge in [-0.25, -0.2) is 9.59 Å². The third-order valence-electron chi connectivity index (χ3n) is 4.99. The topological polar surface area (TPSA) is 99.2 Å². The molecule has 0 aliphatic carbocycles. The Hall–Kier alpha value is -2.90. The number of nitrogens with zero attached hydrogens (tertiary/aromatic N) is 1. The van der Waals surface area contributed by atoms with Crippen molar-refractivity contribution in [2.24, 2.45) is 11.8 Å². The molecule has 0 bridgehead atoms. The van der Waals surface area contributed by atoms with Gasteiger partial charge >= 0.3 is 17.9 Å². The number of amides is 1. The zero-order valence-corrected chi connectivity index (χ0v) is 21.8. The maximum atomic E-state index is 13.5. The van der Waals surface area contributed by atoms with Crippen LogP contribution in [-0.4, -0.2) is 59.6 Å². The zero-order chi connectivity index (χ0) is 26.2. The Morgan fingerprint density at radius 3 is 1.82 bits per heavy atom. The number of esters is 3. The Morgan fingerprint density at radius 1 is 0.853 bits per heavy atom. The van der Waals surface area contributed by atoms with Crippen LogP contribution in [0.4, 0.5) is 0 Å². The number of rotatable bonds is 10. The third kappa shape index (κ3) is 9.15. The van der Waals surface area contributed by atoms with Crippen molar-refractivity contribution < 1.29 is 33.4 Å². The summed E-state index contributed by atoms with van der Waals surface area (Å²) < 4.78 is 16.2. The molecule has 0 radical (unpaired) electrons. The van der Waals surface area contributed by atoms with Crippen molar-refractivity contribution >= 4 is 23.8 Å². The molecular formula is C26H39NO7. The van der Waals surface area contributed by atoms with Gasteiger partial charge in [0.25, 0.3) is 5.91 Å². The maximum absolute atomic E-state index is 13.5. The number of likely N-dealkylation sites (N-methyl/N-ethyl adjacent to an activating group) is 1. The lowest BCUT2D eigenvalue weighted by molar-refractivity contribution is -0.181. The summed E-state index contributed by atoms with van der Waals surface area (Å²) in [6, 6.07) is 8.36. The molecule has 1 rings (SSSR count). The molecule has 0 saturated carbocycles. The van der Waals surface area contributed by atoms with Gasteiger partial charge in [-0.15, -0.1) is 0 Å². The van der Waals surface area contributed by atoms with Crippen LogP contribution in [0, 0.1) is 11.8 Å². The highest BCUT2D eigenvalue weighted by Crippen LogP contribution is 2.20. The quantitative estimate of drug-likeness (QED) is 0.375. The molecule has 8 heteroatoms. The lowest BCUT2D eigenvalue weighted by atomic mass is 10.0. The Labute approximate surface area is 202 Å². The Kier molecular flexibility index (Phi) is 10.7. The molecule has 1 aromatic rings. The Morgan fingerprint density at radius 2 is 1.38 bits per heavy atom. The van der Waals surface area contributed by atoms with E-state index < -0.39 is 47.7 Å². The number of hydrogen-bond acceptors (Lipinski definition) is 7. The minimum absolute atomic E-state index is 0.235. The summed E-state index contributed by atoms with van der Waals surface area (Å²) in [6.07, 6.45) is -2.07. The van der Waals surface area contributed by atoms with Gasteiger partial charge in [-0.3, -0.25) is 9.59 Å². The van der Waals surface area contributed by atoms with E-state index in [1.807, 2.05) is 30.3 Å². The van der Waals surface area contributed by atoms with Gasteiger partial charge in [0.2, 0.25) is 6.10 Å². The number of ether oxygens (including phenoxy) is 3. The van der Waals surface area contributed by atoms with E-state index in [1.54, 1.807) is 48.5 Å². The molecule has 1 aromatic carbocycles. The molecule has 0 heterocycles. The Bertz CT molecular complexity index is 842. The van der Waals surface area contributed by atoms with Crippen LogP contribution in [0.25, 0.3) is 0 Å². The number of hydrogen-bond donors (Lipinski definition) is 0. The second-order valence-electron chi connectivity index (χ2n) is 10.1. The minimum atomic E-state index is -1.17. The van der Waals surface area contributed by atoms with Crippen molar-refractivity contribution in [3.63, 3.8) is 0 Å². The smallest absolute Gasteiger partial charge is 0.348 e. The second-order valence-corrected chi connectivity index (χ2v) is 10.1. The molecule has 190 valence electrons. The predicted octanol–water partition coefficient (Wildman–Crippen LogP) is 3.55. The fourth-order valence-electron chi connectivity index (χ4n) is 3.24. The van der Waals surface area contributed by atoms with Crippen molar-refractivity contribution in [3.8, 4) is 0 Å². The number of carbonyl (C=O) groups is 4. The van der Waals surface area contributed by atoms with E-state index in [4.69, 9.17) is 14.2 Å². The average Bonchev–Trinajstić information content (AvgIpc) is 2.71. The van der Waals surface area contributed by atoms with Gasteiger partial charge in [0.1, 0.15) is 11.6 Å². The molecule has 0 spiro atoms. The summed E-state index contributed by atoms with van der Waals surface area (Å²) in [4.78, 5) is 52.0. The first-order chi connectivity index (χ1) is 15.6. The molecule has 0 fully saturated rings. The standard InChI is InChI=1S/C26H39NO7/c1-16(2)21(33-25(31)22(17(3)4)32-18(5)28)23(29)27(9)20(24(30)34-26(6,7)8)15-19-13-11-10-12-14-19/h10-14,16-17,20-22H,15H2,1-9H3/t20-,21-,22-/m0/s1. The normalized spacial score (nSPS) is 14.2. The molecule has 0 aliphatic rings. The summed E-state index contributed by atoms with van der Waals surface area (Å²) in [6.45, 7) is 13.4. The van der Waals surface area contributed by atoms with Gasteiger partial charge in [0, 0.05) is 26.3 Å². The van der Waals surface area contributed by atoms with Crippen molar-refractivity contribution in [1.82, 2.24) is 4.90 Å². The second kappa shape index (κ2) is 12.5. The van der Waals surface area contributed by atoms with Gasteiger partial charge in [-0.2, -0.15) is 0 Å². The average molecular weight is 478 g/mol. The van der Waals surface area contributed by atoms with E-state index >= 15 is 0 Å². The van der Waals surface area contributed by atoms with Crippen LogP contribution in [0.3, 0.4) is 0 Å². The summed E-state index contributed by atoms with van der Waals surface area (Å²) in [7, 11) is 1.50. The highest BCUT2D eigenvalue weighted by molar-refractivity contribution is 5.89. The van der Waals surface area contributed by atoms with Crippen molar-refractivity contribution in [2.45, 2.75) is 85.7 Å². The van der Waals surface area contributed by atoms with Crippen LogP contribution < -0.4 is 0 Å². The summed E-state index contributed by atoms with van der Waals surface area (Å²) in [5, 5.41) is 0. The lowest BCUT2D eigenvalue weighted by Crippen LogP contribution is -2.52. The van der Waals surface area contributed by atoms with Gasteiger partial charge < -0.3 is 19.1 Å².